The van der Waals surface area contributed by atoms with Crippen LogP contribution in [0.5, 0.6) is 0 Å². The Morgan fingerprint density at radius 1 is 1.36 bits per heavy atom. The Hall–Kier alpha value is -0.650. The van der Waals surface area contributed by atoms with Gasteiger partial charge in [-0.25, -0.2) is 0 Å². The third kappa shape index (κ3) is 22.5. The summed E-state index contributed by atoms with van der Waals surface area (Å²) < 4.78 is 0.419. The van der Waals surface area contributed by atoms with Gasteiger partial charge in [-0.1, -0.05) is 0 Å². The molecule has 0 rings (SSSR count). The van der Waals surface area contributed by atoms with Gasteiger partial charge in [-0.05, 0) is 14.1 Å². The number of hydrogen-bond donors (Lipinski definition) is 1. The minimum absolute atomic E-state index is 0.0694. The molecule has 0 radical (unpaired) electrons. The number of quaternary nitrogens is 1. The zero-order valence-electron chi connectivity index (χ0n) is 9.78. The van der Waals surface area contributed by atoms with Crippen LogP contribution in [0.25, 0.3) is 0 Å². The van der Waals surface area contributed by atoms with Gasteiger partial charge in [0.25, 0.3) is 0 Å². The zero-order valence-corrected chi connectivity index (χ0v) is 9.78. The van der Waals surface area contributed by atoms with Gasteiger partial charge >= 0.3 is 0 Å². The molecule has 5 heteroatoms. The summed E-state index contributed by atoms with van der Waals surface area (Å²) in [5.74, 6) is -1.00. The molecule has 0 aliphatic heterocycles. The smallest absolute Gasteiger partial charge is 0.118 e. The summed E-state index contributed by atoms with van der Waals surface area (Å²) in [6.07, 6.45) is 0. The molecule has 5 nitrogen and oxygen atoms in total. The number of carbonyl (C=O) groups is 1. The van der Waals surface area contributed by atoms with Gasteiger partial charge in [-0.15, -0.1) is 0 Å². The van der Waals surface area contributed by atoms with E-state index in [0.717, 1.165) is 6.54 Å². The molecule has 0 saturated carbocycles. The maximum Gasteiger partial charge on any atom is 0.118 e. The Morgan fingerprint density at radius 2 is 1.79 bits per heavy atom. The van der Waals surface area contributed by atoms with Gasteiger partial charge in [0.15, 0.2) is 0 Å². The number of aliphatic carboxylic acids is 1. The molecule has 0 aliphatic carbocycles. The first-order chi connectivity index (χ1) is 6.19. The molecular formula is C9H22N2O3. The number of carbonyl (C=O) groups excluding carboxylic acids is 1. The molecule has 0 spiro atoms. The van der Waals surface area contributed by atoms with E-state index in [2.05, 4.69) is 0 Å². The minimum Gasteiger partial charge on any atom is -0.544 e. The second kappa shape index (κ2) is 7.73. The Labute approximate surface area is 86.1 Å². The summed E-state index contributed by atoms with van der Waals surface area (Å²) in [5.41, 5.74) is 0. The van der Waals surface area contributed by atoms with Crippen LogP contribution in [0, 0.1) is 0 Å². The van der Waals surface area contributed by atoms with Crippen molar-refractivity contribution in [2.24, 2.45) is 0 Å². The Bertz CT molecular complexity index is 153. The molecule has 0 unspecified atom stereocenters. The monoisotopic (exact) mass is 206 g/mol. The van der Waals surface area contributed by atoms with Crippen LogP contribution in [-0.4, -0.2) is 75.4 Å². The maximum absolute atomic E-state index is 9.89. The van der Waals surface area contributed by atoms with E-state index in [1.54, 1.807) is 21.1 Å². The van der Waals surface area contributed by atoms with Crippen LogP contribution in [0.3, 0.4) is 0 Å². The molecule has 0 amide bonds. The van der Waals surface area contributed by atoms with Gasteiger partial charge in [-0.3, -0.25) is 0 Å². The quantitative estimate of drug-likeness (QED) is 0.540. The standard InChI is InChI=1S/C5H11NO2.C4H11NO/c1-6(2,3)4-5(7)8;1-5(2)3-4-6/h4H2,1-3H3;6H,3-4H2,1-2H3. The Kier molecular flexibility index (Phi) is 8.72. The number of carboxylic acids is 1. The van der Waals surface area contributed by atoms with Gasteiger partial charge in [0, 0.05) is 6.54 Å². The number of nitrogens with zero attached hydrogens (tertiary/aromatic N) is 2. The lowest BCUT2D eigenvalue weighted by atomic mass is 10.5. The highest BCUT2D eigenvalue weighted by Crippen LogP contribution is 1.84. The molecule has 0 saturated heterocycles. The van der Waals surface area contributed by atoms with Crippen molar-refractivity contribution in [1.29, 1.82) is 0 Å². The van der Waals surface area contributed by atoms with Crippen LogP contribution < -0.4 is 5.11 Å². The number of likely N-dealkylation sites (N-methyl/N-ethyl adjacent to an activating group) is 2. The largest absolute Gasteiger partial charge is 0.544 e. The van der Waals surface area contributed by atoms with Crippen LogP contribution in [-0.2, 0) is 4.79 Å². The van der Waals surface area contributed by atoms with E-state index in [1.165, 1.54) is 0 Å². The predicted octanol–water partition coefficient (Wildman–Crippen LogP) is -2.02. The summed E-state index contributed by atoms with van der Waals surface area (Å²) in [4.78, 5) is 11.8. The van der Waals surface area contributed by atoms with E-state index in [1.807, 2.05) is 19.0 Å². The fourth-order valence-electron chi connectivity index (χ4n) is 0.587. The highest BCUT2D eigenvalue weighted by Gasteiger charge is 2.04. The van der Waals surface area contributed by atoms with Gasteiger partial charge in [0.2, 0.25) is 0 Å². The summed E-state index contributed by atoms with van der Waals surface area (Å²) in [6.45, 7) is 1.09. The Balaban J connectivity index is 0. The summed E-state index contributed by atoms with van der Waals surface area (Å²) in [5, 5.41) is 18.1. The molecule has 0 bridgehead atoms. The minimum atomic E-state index is -1.00. The van der Waals surface area contributed by atoms with E-state index in [0.29, 0.717) is 4.48 Å². The highest BCUT2D eigenvalue weighted by molar-refractivity contribution is 5.65. The summed E-state index contributed by atoms with van der Waals surface area (Å²) in [7, 11) is 9.26. The number of aliphatic hydroxyl groups is 1. The SMILES string of the molecule is CN(C)CCO.C[N+](C)(C)CC(=O)[O-]. The molecule has 0 heterocycles. The molecule has 0 aliphatic rings. The summed E-state index contributed by atoms with van der Waals surface area (Å²) in [6, 6.07) is 0. The third-order valence-electron chi connectivity index (χ3n) is 1.15. The van der Waals surface area contributed by atoms with E-state index in [-0.39, 0.29) is 13.2 Å². The normalized spacial score (nSPS) is 10.8. The molecule has 0 fully saturated rings. The van der Waals surface area contributed by atoms with Crippen LogP contribution in [0.1, 0.15) is 0 Å². The average molecular weight is 206 g/mol. The fraction of sp³-hybridized carbons (Fsp3) is 0.889. The highest BCUT2D eigenvalue weighted by atomic mass is 16.4. The molecule has 0 atom stereocenters. The predicted molar refractivity (Wildman–Crippen MR) is 53.5 cm³/mol. The van der Waals surface area contributed by atoms with Crippen LogP contribution in [0.2, 0.25) is 0 Å². The maximum atomic E-state index is 9.89. The first-order valence-electron chi connectivity index (χ1n) is 4.45. The average Bonchev–Trinajstić information content (AvgIpc) is 1.80. The second-order valence-electron chi connectivity index (χ2n) is 4.35. The lowest BCUT2D eigenvalue weighted by Crippen LogP contribution is -2.45. The molecule has 0 aromatic heterocycles. The Morgan fingerprint density at radius 3 is 1.79 bits per heavy atom. The number of carboxylic acid groups (broad SMARTS) is 1. The molecule has 1 N–H and O–H groups in total. The first-order valence-corrected chi connectivity index (χ1v) is 4.45. The van der Waals surface area contributed by atoms with Crippen molar-refractivity contribution < 1.29 is 19.5 Å². The van der Waals surface area contributed by atoms with E-state index < -0.39 is 5.97 Å². The van der Waals surface area contributed by atoms with E-state index in [9.17, 15) is 9.90 Å². The summed E-state index contributed by atoms with van der Waals surface area (Å²) >= 11 is 0. The fourth-order valence-corrected chi connectivity index (χ4v) is 0.587. The second-order valence-corrected chi connectivity index (χ2v) is 4.35. The zero-order chi connectivity index (χ0) is 11.8. The van der Waals surface area contributed by atoms with Crippen molar-refractivity contribution >= 4 is 5.97 Å². The number of aliphatic hydroxyl groups excluding tert-OH is 1. The molecule has 14 heavy (non-hydrogen) atoms. The lowest BCUT2D eigenvalue weighted by molar-refractivity contribution is -0.864. The van der Waals surface area contributed by atoms with E-state index in [4.69, 9.17) is 5.11 Å². The molecule has 0 aromatic carbocycles. The topological polar surface area (TPSA) is 63.6 Å². The lowest BCUT2D eigenvalue weighted by Gasteiger charge is -2.23. The van der Waals surface area contributed by atoms with Gasteiger partial charge in [-0.2, -0.15) is 0 Å². The van der Waals surface area contributed by atoms with Gasteiger partial charge in [0.05, 0.1) is 33.7 Å². The number of rotatable bonds is 4. The first kappa shape index (κ1) is 15.8. The van der Waals surface area contributed by atoms with Gasteiger partial charge < -0.3 is 24.4 Å². The van der Waals surface area contributed by atoms with Crippen LogP contribution >= 0.6 is 0 Å². The van der Waals surface area contributed by atoms with Crippen molar-refractivity contribution in [2.75, 3.05) is 54.9 Å². The van der Waals surface area contributed by atoms with Crippen molar-refractivity contribution in [3.63, 3.8) is 0 Å². The number of hydrogen-bond acceptors (Lipinski definition) is 4. The molecule has 86 valence electrons. The third-order valence-corrected chi connectivity index (χ3v) is 1.15. The van der Waals surface area contributed by atoms with Crippen molar-refractivity contribution in [2.45, 2.75) is 0 Å². The van der Waals surface area contributed by atoms with Crippen molar-refractivity contribution in [1.82, 2.24) is 4.90 Å². The van der Waals surface area contributed by atoms with Crippen LogP contribution in [0.15, 0.2) is 0 Å². The van der Waals surface area contributed by atoms with Crippen molar-refractivity contribution in [3.05, 3.63) is 0 Å². The van der Waals surface area contributed by atoms with E-state index >= 15 is 0 Å². The molecule has 0 aromatic rings. The van der Waals surface area contributed by atoms with Gasteiger partial charge in [0.1, 0.15) is 6.54 Å². The van der Waals surface area contributed by atoms with Crippen molar-refractivity contribution in [3.8, 4) is 0 Å². The molecular weight excluding hydrogens is 184 g/mol. The van der Waals surface area contributed by atoms with Crippen LogP contribution in [0.4, 0.5) is 0 Å².